The highest BCUT2D eigenvalue weighted by Crippen LogP contribution is 2.45. The lowest BCUT2D eigenvalue weighted by Gasteiger charge is -2.36. The van der Waals surface area contributed by atoms with Crippen LogP contribution in [0.3, 0.4) is 0 Å². The number of hydrogen-bond acceptors (Lipinski definition) is 7. The van der Waals surface area contributed by atoms with Gasteiger partial charge in [0.1, 0.15) is 5.75 Å². The molecule has 0 aliphatic carbocycles. The first-order valence-electron chi connectivity index (χ1n) is 11.0. The van der Waals surface area contributed by atoms with Crippen LogP contribution in [0.5, 0.6) is 5.75 Å². The van der Waals surface area contributed by atoms with Gasteiger partial charge in [0.05, 0.1) is 38.0 Å². The van der Waals surface area contributed by atoms with E-state index in [1.165, 1.54) is 18.9 Å². The summed E-state index contributed by atoms with van der Waals surface area (Å²) in [6.07, 6.45) is 0.720. The highest BCUT2D eigenvalue weighted by molar-refractivity contribution is 8.16. The number of esters is 1. The number of amides is 1. The molecule has 2 aliphatic rings. The minimum absolute atomic E-state index is 0.126. The van der Waals surface area contributed by atoms with Crippen LogP contribution in [0.4, 0.5) is 5.69 Å². The molecule has 2 aromatic carbocycles. The van der Waals surface area contributed by atoms with Crippen molar-refractivity contribution in [3.8, 4) is 5.75 Å². The molecule has 4 rings (SSSR count). The fourth-order valence-corrected chi connectivity index (χ4v) is 5.08. The summed E-state index contributed by atoms with van der Waals surface area (Å²) < 4.78 is 10.4. The predicted molar refractivity (Wildman–Crippen MR) is 134 cm³/mol. The van der Waals surface area contributed by atoms with E-state index in [1.807, 2.05) is 60.6 Å². The van der Waals surface area contributed by atoms with Gasteiger partial charge in [-0.2, -0.15) is 0 Å². The summed E-state index contributed by atoms with van der Waals surface area (Å²) in [5.74, 6) is 0.0795. The van der Waals surface area contributed by atoms with Crippen molar-refractivity contribution in [2.45, 2.75) is 32.7 Å². The third-order valence-corrected chi connectivity index (χ3v) is 6.57. The Kier molecular flexibility index (Phi) is 7.07. The van der Waals surface area contributed by atoms with Crippen LogP contribution >= 0.6 is 11.8 Å². The average Bonchev–Trinajstić information content (AvgIpc) is 3.24. The number of carbonyl (C=O) groups excluding carboxylic acids is 2. The van der Waals surface area contributed by atoms with E-state index in [4.69, 9.17) is 14.5 Å². The summed E-state index contributed by atoms with van der Waals surface area (Å²) in [7, 11) is 2.97. The smallest absolute Gasteiger partial charge is 0.338 e. The Labute approximate surface area is 203 Å². The summed E-state index contributed by atoms with van der Waals surface area (Å²) in [5.41, 5.74) is 4.65. The number of aryl methyl sites for hydroxylation is 1. The number of rotatable bonds is 7. The molecule has 1 N–H and O–H groups in total. The molecule has 0 saturated heterocycles. The van der Waals surface area contributed by atoms with Gasteiger partial charge in [0, 0.05) is 17.5 Å². The van der Waals surface area contributed by atoms with Crippen LogP contribution in [0.25, 0.3) is 0 Å². The van der Waals surface area contributed by atoms with Crippen LogP contribution in [0, 0.1) is 6.92 Å². The van der Waals surface area contributed by atoms with Crippen molar-refractivity contribution in [1.29, 1.82) is 0 Å². The summed E-state index contributed by atoms with van der Waals surface area (Å²) >= 11 is 1.46. The maximum absolute atomic E-state index is 13.0. The molecule has 0 radical (unpaired) electrons. The van der Waals surface area contributed by atoms with E-state index in [2.05, 4.69) is 11.4 Å². The number of carbonyl (C=O) groups is 2. The number of methoxy groups -OCH3 is 2. The molecule has 1 unspecified atom stereocenters. The lowest BCUT2D eigenvalue weighted by atomic mass is 9.92. The summed E-state index contributed by atoms with van der Waals surface area (Å²) in [4.78, 5) is 32.6. The minimum atomic E-state index is -0.430. The second-order valence-corrected chi connectivity index (χ2v) is 8.81. The Morgan fingerprint density at radius 2 is 1.94 bits per heavy atom. The van der Waals surface area contributed by atoms with Gasteiger partial charge in [-0.1, -0.05) is 54.6 Å². The zero-order valence-electron chi connectivity index (χ0n) is 19.6. The fourth-order valence-electron chi connectivity index (χ4n) is 4.14. The van der Waals surface area contributed by atoms with Crippen LogP contribution in [-0.2, 0) is 14.3 Å². The fraction of sp³-hybridized carbons (Fsp3) is 0.269. The predicted octanol–water partition coefficient (Wildman–Crippen LogP) is 5.17. The summed E-state index contributed by atoms with van der Waals surface area (Å²) in [6, 6.07) is 14.8. The molecule has 2 aliphatic heterocycles. The number of hydrogen-bond donors (Lipinski definition) is 1. The molecule has 0 saturated carbocycles. The first-order chi connectivity index (χ1) is 16.4. The number of anilines is 1. The first-order valence-corrected chi connectivity index (χ1v) is 11.9. The maximum Gasteiger partial charge on any atom is 0.338 e. The lowest BCUT2D eigenvalue weighted by molar-refractivity contribution is -0.136. The van der Waals surface area contributed by atoms with E-state index < -0.39 is 12.0 Å². The summed E-state index contributed by atoms with van der Waals surface area (Å²) in [6.45, 7) is 3.99. The largest absolute Gasteiger partial charge is 0.497 e. The molecular weight excluding hydrogens is 450 g/mol. The van der Waals surface area contributed by atoms with Gasteiger partial charge in [0.25, 0.3) is 0 Å². The number of aliphatic imine (C=N–C) groups is 1. The van der Waals surface area contributed by atoms with Gasteiger partial charge in [0.15, 0.2) is 5.17 Å². The molecule has 2 heterocycles. The Balaban J connectivity index is 1.67. The topological polar surface area (TPSA) is 80.2 Å². The van der Waals surface area contributed by atoms with Gasteiger partial charge in [-0.3, -0.25) is 4.79 Å². The van der Waals surface area contributed by atoms with Gasteiger partial charge in [-0.25, -0.2) is 9.79 Å². The van der Waals surface area contributed by atoms with Gasteiger partial charge in [-0.15, -0.1) is 0 Å². The molecule has 7 nitrogen and oxygen atoms in total. The van der Waals surface area contributed by atoms with Gasteiger partial charge in [-0.05, 0) is 36.4 Å². The van der Waals surface area contributed by atoms with E-state index in [9.17, 15) is 9.59 Å². The molecule has 0 aromatic heterocycles. The second-order valence-electron chi connectivity index (χ2n) is 7.97. The SMILES string of the molecule is CCC1=C(C(=O)OC)C(c2cccc(C)c2)N2C(CC(=O)Nc3cccc(OC)c3)=CSC2=N1. The van der Waals surface area contributed by atoms with Crippen molar-refractivity contribution in [1.82, 2.24) is 4.90 Å². The van der Waals surface area contributed by atoms with Crippen molar-refractivity contribution >= 4 is 34.5 Å². The number of thioether (sulfide) groups is 1. The molecule has 0 spiro atoms. The van der Waals surface area contributed by atoms with Crippen molar-refractivity contribution in [2.24, 2.45) is 4.99 Å². The minimum Gasteiger partial charge on any atom is -0.497 e. The van der Waals surface area contributed by atoms with E-state index in [0.29, 0.717) is 29.1 Å². The Bertz CT molecular complexity index is 1220. The Morgan fingerprint density at radius 1 is 1.15 bits per heavy atom. The van der Waals surface area contributed by atoms with Crippen LogP contribution in [0.1, 0.15) is 36.9 Å². The number of amidine groups is 1. The van der Waals surface area contributed by atoms with Crippen molar-refractivity contribution in [3.05, 3.63) is 82.0 Å². The van der Waals surface area contributed by atoms with Gasteiger partial charge in [0.2, 0.25) is 5.91 Å². The highest BCUT2D eigenvalue weighted by Gasteiger charge is 2.41. The van der Waals surface area contributed by atoms with E-state index >= 15 is 0 Å². The zero-order valence-corrected chi connectivity index (χ0v) is 20.4. The molecule has 176 valence electrons. The number of ether oxygens (including phenoxy) is 2. The zero-order chi connectivity index (χ0) is 24.2. The van der Waals surface area contributed by atoms with E-state index in [1.54, 1.807) is 13.2 Å². The summed E-state index contributed by atoms with van der Waals surface area (Å²) in [5, 5.41) is 5.61. The third-order valence-electron chi connectivity index (χ3n) is 5.68. The molecule has 34 heavy (non-hydrogen) atoms. The molecule has 1 atom stereocenters. The number of fused-ring (bicyclic) bond motifs is 1. The molecule has 2 aromatic rings. The quantitative estimate of drug-likeness (QED) is 0.554. The standard InChI is InChI=1S/C26H27N3O4S/c1-5-21-23(25(31)33-4)24(17-9-6-8-16(2)12-17)29-19(15-34-26(29)28-21)14-22(30)27-18-10-7-11-20(13-18)32-3/h6-13,15,24H,5,14H2,1-4H3,(H,27,30). The van der Waals surface area contributed by atoms with Crippen LogP contribution in [0.15, 0.2) is 75.9 Å². The number of benzene rings is 2. The molecule has 0 bridgehead atoms. The maximum atomic E-state index is 13.0. The van der Waals surface area contributed by atoms with Crippen LogP contribution in [0.2, 0.25) is 0 Å². The third kappa shape index (κ3) is 4.72. The molecule has 0 fully saturated rings. The number of nitrogens with zero attached hydrogens (tertiary/aromatic N) is 2. The molecule has 1 amide bonds. The lowest BCUT2D eigenvalue weighted by Crippen LogP contribution is -2.37. The first kappa shape index (κ1) is 23.6. The van der Waals surface area contributed by atoms with Crippen molar-refractivity contribution < 1.29 is 19.1 Å². The van der Waals surface area contributed by atoms with Crippen LogP contribution in [-0.4, -0.2) is 36.2 Å². The second kappa shape index (κ2) is 10.2. The van der Waals surface area contributed by atoms with E-state index in [0.717, 1.165) is 22.0 Å². The highest BCUT2D eigenvalue weighted by atomic mass is 32.2. The van der Waals surface area contributed by atoms with E-state index in [-0.39, 0.29) is 12.3 Å². The Morgan fingerprint density at radius 3 is 2.65 bits per heavy atom. The number of allylic oxidation sites excluding steroid dienone is 1. The van der Waals surface area contributed by atoms with Gasteiger partial charge < -0.3 is 19.7 Å². The molecule has 8 heteroatoms. The average molecular weight is 478 g/mol. The van der Waals surface area contributed by atoms with Gasteiger partial charge >= 0.3 is 5.97 Å². The Hall–Kier alpha value is -3.52. The normalized spacial score (nSPS) is 17.1. The van der Waals surface area contributed by atoms with Crippen molar-refractivity contribution in [3.63, 3.8) is 0 Å². The van der Waals surface area contributed by atoms with Crippen molar-refractivity contribution in [2.75, 3.05) is 19.5 Å². The monoisotopic (exact) mass is 477 g/mol. The molecular formula is C26H27N3O4S. The van der Waals surface area contributed by atoms with Crippen LogP contribution < -0.4 is 10.1 Å². The number of nitrogens with one attached hydrogen (secondary N) is 1.